The van der Waals surface area contributed by atoms with Gasteiger partial charge in [0.2, 0.25) is 5.28 Å². The number of aryl methyl sites for hydroxylation is 2. The van der Waals surface area contributed by atoms with E-state index in [9.17, 15) is 0 Å². The molecule has 4 nitrogen and oxygen atoms in total. The van der Waals surface area contributed by atoms with E-state index < -0.39 is 0 Å². The number of rotatable bonds is 1. The highest BCUT2D eigenvalue weighted by Crippen LogP contribution is 2.09. The van der Waals surface area contributed by atoms with Gasteiger partial charge in [0.15, 0.2) is 5.82 Å². The van der Waals surface area contributed by atoms with Crippen LogP contribution < -0.4 is 0 Å². The molecule has 0 bridgehead atoms. The maximum atomic E-state index is 5.68. The number of hydrogen-bond donors (Lipinski definition) is 0. The van der Waals surface area contributed by atoms with Crippen LogP contribution in [0.1, 0.15) is 11.3 Å². The van der Waals surface area contributed by atoms with Gasteiger partial charge in [0.05, 0.1) is 5.69 Å². The first-order valence-corrected chi connectivity index (χ1v) is 4.56. The Kier molecular flexibility index (Phi) is 2.21. The average Bonchev–Trinajstić information content (AvgIpc) is 2.47. The monoisotopic (exact) mass is 208 g/mol. The van der Waals surface area contributed by atoms with Gasteiger partial charge in [-0.05, 0) is 31.0 Å². The minimum absolute atomic E-state index is 0.230. The van der Waals surface area contributed by atoms with Gasteiger partial charge in [-0.15, -0.1) is 0 Å². The first kappa shape index (κ1) is 9.15. The Morgan fingerprint density at radius 1 is 1.36 bits per heavy atom. The average molecular weight is 209 g/mol. The third-order valence-corrected chi connectivity index (χ3v) is 2.17. The van der Waals surface area contributed by atoms with E-state index in [0.29, 0.717) is 5.82 Å². The zero-order valence-corrected chi connectivity index (χ0v) is 8.65. The van der Waals surface area contributed by atoms with Crippen molar-refractivity contribution in [3.63, 3.8) is 0 Å². The zero-order chi connectivity index (χ0) is 10.1. The van der Waals surface area contributed by atoms with Crippen LogP contribution in [0.5, 0.6) is 0 Å². The topological polar surface area (TPSA) is 43.6 Å². The lowest BCUT2D eigenvalue weighted by Crippen LogP contribution is -1.98. The SMILES string of the molecule is Cc1cn(-c2ccnc(Cl)n2)nc1C. The van der Waals surface area contributed by atoms with Crippen molar-refractivity contribution in [2.24, 2.45) is 0 Å². The Bertz CT molecular complexity index is 444. The quantitative estimate of drug-likeness (QED) is 0.673. The van der Waals surface area contributed by atoms with Gasteiger partial charge in [0.1, 0.15) is 0 Å². The number of nitrogens with zero attached hydrogens (tertiary/aromatic N) is 4. The van der Waals surface area contributed by atoms with E-state index >= 15 is 0 Å². The Morgan fingerprint density at radius 2 is 2.14 bits per heavy atom. The summed E-state index contributed by atoms with van der Waals surface area (Å²) in [5.74, 6) is 0.682. The van der Waals surface area contributed by atoms with E-state index in [-0.39, 0.29) is 5.28 Å². The molecular weight excluding hydrogens is 200 g/mol. The van der Waals surface area contributed by atoms with Crippen molar-refractivity contribution >= 4 is 11.6 Å². The van der Waals surface area contributed by atoms with Gasteiger partial charge < -0.3 is 0 Å². The van der Waals surface area contributed by atoms with Gasteiger partial charge in [0.25, 0.3) is 0 Å². The minimum atomic E-state index is 0.230. The third-order valence-electron chi connectivity index (χ3n) is 1.99. The lowest BCUT2D eigenvalue weighted by atomic mass is 10.3. The molecule has 0 N–H and O–H groups in total. The number of hydrogen-bond acceptors (Lipinski definition) is 3. The van der Waals surface area contributed by atoms with Crippen LogP contribution in [-0.4, -0.2) is 19.7 Å². The van der Waals surface area contributed by atoms with Crippen molar-refractivity contribution < 1.29 is 0 Å². The fraction of sp³-hybridized carbons (Fsp3) is 0.222. The maximum Gasteiger partial charge on any atom is 0.224 e. The van der Waals surface area contributed by atoms with Crippen LogP contribution in [0.3, 0.4) is 0 Å². The summed E-state index contributed by atoms with van der Waals surface area (Å²) < 4.78 is 1.69. The van der Waals surface area contributed by atoms with Crippen LogP contribution in [0.25, 0.3) is 5.82 Å². The molecule has 72 valence electrons. The van der Waals surface area contributed by atoms with E-state index in [1.807, 2.05) is 20.0 Å². The van der Waals surface area contributed by atoms with Crippen molar-refractivity contribution in [1.82, 2.24) is 19.7 Å². The normalized spacial score (nSPS) is 10.5. The van der Waals surface area contributed by atoms with Crippen molar-refractivity contribution in [3.05, 3.63) is 35.0 Å². The molecule has 0 aliphatic carbocycles. The standard InChI is InChI=1S/C9H9ClN4/c1-6-5-14(13-7(6)2)8-3-4-11-9(10)12-8/h3-5H,1-2H3. The number of halogens is 1. The van der Waals surface area contributed by atoms with E-state index in [1.165, 1.54) is 0 Å². The Balaban J connectivity index is 2.49. The van der Waals surface area contributed by atoms with Crippen LogP contribution in [0.15, 0.2) is 18.5 Å². The second-order valence-corrected chi connectivity index (χ2v) is 3.36. The summed E-state index contributed by atoms with van der Waals surface area (Å²) in [4.78, 5) is 7.86. The molecule has 2 rings (SSSR count). The van der Waals surface area contributed by atoms with E-state index in [1.54, 1.807) is 16.9 Å². The smallest absolute Gasteiger partial charge is 0.224 e. The molecule has 0 unspecified atom stereocenters. The summed E-state index contributed by atoms with van der Waals surface area (Å²) in [6, 6.07) is 1.76. The second-order valence-electron chi connectivity index (χ2n) is 3.03. The lowest BCUT2D eigenvalue weighted by Gasteiger charge is -1.98. The van der Waals surface area contributed by atoms with Gasteiger partial charge in [-0.25, -0.2) is 9.67 Å². The van der Waals surface area contributed by atoms with Gasteiger partial charge in [-0.1, -0.05) is 0 Å². The van der Waals surface area contributed by atoms with Gasteiger partial charge >= 0.3 is 0 Å². The van der Waals surface area contributed by atoms with E-state index in [4.69, 9.17) is 11.6 Å². The summed E-state index contributed by atoms with van der Waals surface area (Å²) in [5.41, 5.74) is 2.11. The van der Waals surface area contributed by atoms with Crippen LogP contribution in [0.4, 0.5) is 0 Å². The van der Waals surface area contributed by atoms with Crippen LogP contribution in [0.2, 0.25) is 5.28 Å². The molecule has 0 spiro atoms. The summed E-state index contributed by atoms with van der Waals surface area (Å²) in [6.45, 7) is 3.95. The Hall–Kier alpha value is -1.42. The van der Waals surface area contributed by atoms with Crippen molar-refractivity contribution in [2.45, 2.75) is 13.8 Å². The first-order valence-electron chi connectivity index (χ1n) is 4.18. The highest BCUT2D eigenvalue weighted by Gasteiger charge is 2.03. The summed E-state index contributed by atoms with van der Waals surface area (Å²) >= 11 is 5.68. The molecular formula is C9H9ClN4. The fourth-order valence-corrected chi connectivity index (χ4v) is 1.26. The van der Waals surface area contributed by atoms with Gasteiger partial charge in [-0.3, -0.25) is 0 Å². The molecule has 5 heteroatoms. The molecule has 0 saturated heterocycles. The predicted octanol–water partition coefficient (Wildman–Crippen LogP) is 1.93. The molecule has 0 atom stereocenters. The molecule has 0 fully saturated rings. The molecule has 2 aromatic heterocycles. The van der Waals surface area contributed by atoms with Crippen molar-refractivity contribution in [3.8, 4) is 5.82 Å². The van der Waals surface area contributed by atoms with Crippen molar-refractivity contribution in [2.75, 3.05) is 0 Å². The molecule has 0 radical (unpaired) electrons. The van der Waals surface area contributed by atoms with Crippen LogP contribution >= 0.6 is 11.6 Å². The van der Waals surface area contributed by atoms with Gasteiger partial charge in [0, 0.05) is 18.5 Å². The minimum Gasteiger partial charge on any atom is -0.226 e. The summed E-state index contributed by atoms with van der Waals surface area (Å²) in [5, 5.41) is 4.52. The molecule has 2 aromatic rings. The van der Waals surface area contributed by atoms with E-state index in [2.05, 4.69) is 15.1 Å². The van der Waals surface area contributed by atoms with Crippen LogP contribution in [-0.2, 0) is 0 Å². The molecule has 0 aromatic carbocycles. The molecule has 0 aliphatic heterocycles. The molecule has 0 amide bonds. The lowest BCUT2D eigenvalue weighted by molar-refractivity contribution is 0.826. The Labute approximate surface area is 86.6 Å². The largest absolute Gasteiger partial charge is 0.226 e. The summed E-state index contributed by atoms with van der Waals surface area (Å²) in [7, 11) is 0. The first-order chi connectivity index (χ1) is 6.66. The maximum absolute atomic E-state index is 5.68. The molecule has 2 heterocycles. The second kappa shape index (κ2) is 3.38. The predicted molar refractivity (Wildman–Crippen MR) is 53.6 cm³/mol. The van der Waals surface area contributed by atoms with Gasteiger partial charge in [-0.2, -0.15) is 10.1 Å². The van der Waals surface area contributed by atoms with Crippen LogP contribution in [0, 0.1) is 13.8 Å². The molecule has 14 heavy (non-hydrogen) atoms. The highest BCUT2D eigenvalue weighted by atomic mass is 35.5. The number of aromatic nitrogens is 4. The third kappa shape index (κ3) is 1.61. The van der Waals surface area contributed by atoms with E-state index in [0.717, 1.165) is 11.3 Å². The molecule has 0 saturated carbocycles. The highest BCUT2D eigenvalue weighted by molar-refractivity contribution is 6.28. The fourth-order valence-electron chi connectivity index (χ4n) is 1.12. The van der Waals surface area contributed by atoms with Crippen molar-refractivity contribution in [1.29, 1.82) is 0 Å². The summed E-state index contributed by atoms with van der Waals surface area (Å²) in [6.07, 6.45) is 3.52. The molecule has 0 aliphatic rings. The Morgan fingerprint density at radius 3 is 2.71 bits per heavy atom. The zero-order valence-electron chi connectivity index (χ0n) is 7.90.